The normalized spacial score (nSPS) is 13.4. The lowest BCUT2D eigenvalue weighted by Gasteiger charge is -2.09. The van der Waals surface area contributed by atoms with Gasteiger partial charge in [0.2, 0.25) is 10.0 Å². The first-order valence-corrected chi connectivity index (χ1v) is 6.97. The van der Waals surface area contributed by atoms with E-state index >= 15 is 0 Å². The summed E-state index contributed by atoms with van der Waals surface area (Å²) in [5, 5.41) is 3.18. The zero-order chi connectivity index (χ0) is 12.9. The van der Waals surface area contributed by atoms with E-state index in [9.17, 15) is 8.42 Å². The Morgan fingerprint density at radius 1 is 1.29 bits per heavy atom. The van der Waals surface area contributed by atoms with Crippen LogP contribution in [-0.4, -0.2) is 28.1 Å². The monoisotopic (exact) mass is 257 g/mol. The average Bonchev–Trinajstić information content (AvgIpc) is 2.29. The molecular formula is C11H19N3O2S. The standard InChI is InChI=1S/C11H19N3O2S/c1-9(12)7-8-14-10-3-5-11(6-4-10)17(15,16)13-2/h3-6,9,13-14H,7-8,12H2,1-2H3. The molecule has 6 heteroatoms. The molecule has 1 atom stereocenters. The molecular weight excluding hydrogens is 238 g/mol. The van der Waals surface area contributed by atoms with Gasteiger partial charge in [-0.3, -0.25) is 0 Å². The van der Waals surface area contributed by atoms with Crippen LogP contribution in [0.3, 0.4) is 0 Å². The van der Waals surface area contributed by atoms with Gasteiger partial charge in [-0.1, -0.05) is 0 Å². The minimum atomic E-state index is -3.35. The Labute approximate surface area is 102 Å². The third kappa shape index (κ3) is 4.33. The number of benzene rings is 1. The largest absolute Gasteiger partial charge is 0.385 e. The van der Waals surface area contributed by atoms with Crippen LogP contribution in [0.4, 0.5) is 5.69 Å². The molecule has 0 saturated heterocycles. The number of hydrogen-bond acceptors (Lipinski definition) is 4. The predicted octanol–water partition coefficient (Wildman–Crippen LogP) is 0.744. The van der Waals surface area contributed by atoms with Crippen molar-refractivity contribution in [2.45, 2.75) is 24.3 Å². The van der Waals surface area contributed by atoms with Crippen molar-refractivity contribution in [2.75, 3.05) is 18.9 Å². The van der Waals surface area contributed by atoms with Crippen LogP contribution in [0.15, 0.2) is 29.2 Å². The summed E-state index contributed by atoms with van der Waals surface area (Å²) in [7, 11) is -1.95. The first-order chi connectivity index (χ1) is 7.95. The Kier molecular flexibility index (Phi) is 4.92. The van der Waals surface area contributed by atoms with Crippen LogP contribution < -0.4 is 15.8 Å². The fourth-order valence-corrected chi connectivity index (χ4v) is 2.04. The molecule has 0 amide bonds. The second kappa shape index (κ2) is 6.00. The van der Waals surface area contributed by atoms with Gasteiger partial charge in [-0.15, -0.1) is 0 Å². The van der Waals surface area contributed by atoms with Gasteiger partial charge >= 0.3 is 0 Å². The molecule has 1 unspecified atom stereocenters. The number of anilines is 1. The SMILES string of the molecule is CNS(=O)(=O)c1ccc(NCCC(C)N)cc1. The smallest absolute Gasteiger partial charge is 0.240 e. The summed E-state index contributed by atoms with van der Waals surface area (Å²) in [5.41, 5.74) is 6.52. The lowest BCUT2D eigenvalue weighted by Crippen LogP contribution is -2.19. The van der Waals surface area contributed by atoms with Crippen molar-refractivity contribution in [3.63, 3.8) is 0 Å². The molecule has 0 heterocycles. The maximum absolute atomic E-state index is 11.5. The maximum Gasteiger partial charge on any atom is 0.240 e. The van der Waals surface area contributed by atoms with E-state index in [0.717, 1.165) is 18.7 Å². The van der Waals surface area contributed by atoms with Gasteiger partial charge in [0.1, 0.15) is 0 Å². The number of nitrogens with two attached hydrogens (primary N) is 1. The van der Waals surface area contributed by atoms with Crippen LogP contribution in [0.1, 0.15) is 13.3 Å². The van der Waals surface area contributed by atoms with Crippen LogP contribution in [0, 0.1) is 0 Å². The van der Waals surface area contributed by atoms with E-state index in [1.807, 2.05) is 6.92 Å². The Hall–Kier alpha value is -1.11. The van der Waals surface area contributed by atoms with E-state index in [-0.39, 0.29) is 10.9 Å². The van der Waals surface area contributed by atoms with Gasteiger partial charge < -0.3 is 11.1 Å². The molecule has 0 spiro atoms. The Bertz CT molecular complexity index is 440. The maximum atomic E-state index is 11.5. The Balaban J connectivity index is 2.63. The summed E-state index contributed by atoms with van der Waals surface area (Å²) < 4.78 is 25.2. The number of sulfonamides is 1. The molecule has 0 aromatic heterocycles. The van der Waals surface area contributed by atoms with Crippen molar-refractivity contribution in [3.8, 4) is 0 Å². The highest BCUT2D eigenvalue weighted by Gasteiger charge is 2.09. The third-order valence-corrected chi connectivity index (χ3v) is 3.79. The molecule has 5 nitrogen and oxygen atoms in total. The summed E-state index contributed by atoms with van der Waals surface area (Å²) in [5.74, 6) is 0. The van der Waals surface area contributed by atoms with Crippen LogP contribution >= 0.6 is 0 Å². The molecule has 96 valence electrons. The first kappa shape index (κ1) is 14.0. The summed E-state index contributed by atoms with van der Waals surface area (Å²) in [6, 6.07) is 6.78. The Morgan fingerprint density at radius 3 is 2.35 bits per heavy atom. The van der Waals surface area contributed by atoms with Crippen molar-refractivity contribution in [1.29, 1.82) is 0 Å². The van der Waals surface area contributed by atoms with Gasteiger partial charge in [0.25, 0.3) is 0 Å². The highest BCUT2D eigenvalue weighted by atomic mass is 32.2. The minimum Gasteiger partial charge on any atom is -0.385 e. The highest BCUT2D eigenvalue weighted by Crippen LogP contribution is 2.13. The summed E-state index contributed by atoms with van der Waals surface area (Å²) in [4.78, 5) is 0.262. The molecule has 0 fully saturated rings. The lowest BCUT2D eigenvalue weighted by atomic mass is 10.2. The average molecular weight is 257 g/mol. The van der Waals surface area contributed by atoms with Crippen molar-refractivity contribution in [2.24, 2.45) is 5.73 Å². The molecule has 0 radical (unpaired) electrons. The number of hydrogen-bond donors (Lipinski definition) is 3. The van der Waals surface area contributed by atoms with Gasteiger partial charge in [-0.05, 0) is 44.7 Å². The first-order valence-electron chi connectivity index (χ1n) is 5.49. The van der Waals surface area contributed by atoms with E-state index in [4.69, 9.17) is 5.73 Å². The molecule has 17 heavy (non-hydrogen) atoms. The highest BCUT2D eigenvalue weighted by molar-refractivity contribution is 7.89. The quantitative estimate of drug-likeness (QED) is 0.702. The van der Waals surface area contributed by atoms with Crippen LogP contribution in [0.5, 0.6) is 0 Å². The van der Waals surface area contributed by atoms with Crippen LogP contribution in [-0.2, 0) is 10.0 Å². The van der Waals surface area contributed by atoms with E-state index in [2.05, 4.69) is 10.0 Å². The second-order valence-corrected chi connectivity index (χ2v) is 5.81. The summed E-state index contributed by atoms with van der Waals surface area (Å²) in [6.07, 6.45) is 0.872. The van der Waals surface area contributed by atoms with Crippen molar-refractivity contribution in [3.05, 3.63) is 24.3 Å². The molecule has 1 rings (SSSR count). The Morgan fingerprint density at radius 2 is 1.88 bits per heavy atom. The molecule has 0 aliphatic heterocycles. The predicted molar refractivity (Wildman–Crippen MR) is 69.4 cm³/mol. The molecule has 0 aliphatic carbocycles. The molecule has 0 bridgehead atoms. The van der Waals surface area contributed by atoms with Crippen LogP contribution in [0.2, 0.25) is 0 Å². The van der Waals surface area contributed by atoms with E-state index in [0.29, 0.717) is 0 Å². The molecule has 1 aromatic rings. The summed E-state index contributed by atoms with van der Waals surface area (Å²) in [6.45, 7) is 2.72. The van der Waals surface area contributed by atoms with Crippen molar-refractivity contribution < 1.29 is 8.42 Å². The van der Waals surface area contributed by atoms with E-state index < -0.39 is 10.0 Å². The molecule has 0 saturated carbocycles. The van der Waals surface area contributed by atoms with Gasteiger partial charge in [-0.2, -0.15) is 0 Å². The molecule has 0 aliphatic rings. The van der Waals surface area contributed by atoms with Gasteiger partial charge in [-0.25, -0.2) is 13.1 Å². The van der Waals surface area contributed by atoms with Gasteiger partial charge in [0, 0.05) is 18.3 Å². The fraction of sp³-hybridized carbons (Fsp3) is 0.455. The van der Waals surface area contributed by atoms with Gasteiger partial charge in [0.05, 0.1) is 4.90 Å². The number of rotatable bonds is 6. The third-order valence-electron chi connectivity index (χ3n) is 2.36. The lowest BCUT2D eigenvalue weighted by molar-refractivity contribution is 0.588. The minimum absolute atomic E-state index is 0.159. The zero-order valence-corrected chi connectivity index (χ0v) is 10.9. The van der Waals surface area contributed by atoms with Crippen molar-refractivity contribution in [1.82, 2.24) is 4.72 Å². The van der Waals surface area contributed by atoms with E-state index in [1.165, 1.54) is 7.05 Å². The van der Waals surface area contributed by atoms with Crippen LogP contribution in [0.25, 0.3) is 0 Å². The fourth-order valence-electron chi connectivity index (χ4n) is 1.31. The van der Waals surface area contributed by atoms with Gasteiger partial charge in [0.15, 0.2) is 0 Å². The second-order valence-electron chi connectivity index (χ2n) is 3.92. The van der Waals surface area contributed by atoms with Crippen molar-refractivity contribution >= 4 is 15.7 Å². The molecule has 1 aromatic carbocycles. The number of nitrogens with one attached hydrogen (secondary N) is 2. The zero-order valence-electron chi connectivity index (χ0n) is 10.1. The molecule has 4 N–H and O–H groups in total. The summed E-state index contributed by atoms with van der Waals surface area (Å²) >= 11 is 0. The van der Waals surface area contributed by atoms with E-state index in [1.54, 1.807) is 24.3 Å². The topological polar surface area (TPSA) is 84.2 Å².